The van der Waals surface area contributed by atoms with Gasteiger partial charge in [-0.1, -0.05) is 32.6 Å². The molecule has 3 N–H and O–H groups in total. The zero-order valence-electron chi connectivity index (χ0n) is 9.80. The lowest BCUT2D eigenvalue weighted by Crippen LogP contribution is -2.40. The highest BCUT2D eigenvalue weighted by Crippen LogP contribution is 2.23. The summed E-state index contributed by atoms with van der Waals surface area (Å²) in [4.78, 5) is 11.7. The van der Waals surface area contributed by atoms with E-state index in [9.17, 15) is 4.79 Å². The Morgan fingerprint density at radius 2 is 2.07 bits per heavy atom. The molecule has 0 radical (unpaired) electrons. The van der Waals surface area contributed by atoms with E-state index in [0.717, 1.165) is 25.7 Å². The number of carbonyl (C=O) groups is 1. The van der Waals surface area contributed by atoms with Gasteiger partial charge in [0, 0.05) is 18.5 Å². The molecule has 0 heterocycles. The highest BCUT2D eigenvalue weighted by Gasteiger charge is 2.20. The SMILES string of the molecule is CCCC(N)CNC(=O)C1CCCCC1. The number of hydrogen-bond acceptors (Lipinski definition) is 2. The lowest BCUT2D eigenvalue weighted by molar-refractivity contribution is -0.126. The summed E-state index contributed by atoms with van der Waals surface area (Å²) in [7, 11) is 0. The minimum Gasteiger partial charge on any atom is -0.354 e. The maximum atomic E-state index is 11.7. The van der Waals surface area contributed by atoms with E-state index in [-0.39, 0.29) is 17.9 Å². The molecule has 15 heavy (non-hydrogen) atoms. The molecule has 0 aromatic carbocycles. The molecule has 1 amide bonds. The van der Waals surface area contributed by atoms with E-state index in [4.69, 9.17) is 5.73 Å². The second-order valence-corrected chi connectivity index (χ2v) is 4.63. The van der Waals surface area contributed by atoms with E-state index in [0.29, 0.717) is 6.54 Å². The van der Waals surface area contributed by atoms with Gasteiger partial charge in [-0.05, 0) is 19.3 Å². The number of amides is 1. The third-order valence-corrected chi connectivity index (χ3v) is 3.17. The van der Waals surface area contributed by atoms with Crippen molar-refractivity contribution in [1.29, 1.82) is 0 Å². The first-order valence-corrected chi connectivity index (χ1v) is 6.27. The van der Waals surface area contributed by atoms with E-state index in [1.165, 1.54) is 19.3 Å². The second-order valence-electron chi connectivity index (χ2n) is 4.63. The van der Waals surface area contributed by atoms with Gasteiger partial charge in [-0.25, -0.2) is 0 Å². The molecule has 1 unspecified atom stereocenters. The maximum absolute atomic E-state index is 11.7. The van der Waals surface area contributed by atoms with Crippen molar-refractivity contribution in [1.82, 2.24) is 5.32 Å². The summed E-state index contributed by atoms with van der Waals surface area (Å²) in [5, 5.41) is 2.97. The Morgan fingerprint density at radius 3 is 2.67 bits per heavy atom. The lowest BCUT2D eigenvalue weighted by Gasteiger charge is -2.21. The van der Waals surface area contributed by atoms with Crippen molar-refractivity contribution < 1.29 is 4.79 Å². The Kier molecular flexibility index (Phi) is 5.69. The highest BCUT2D eigenvalue weighted by atomic mass is 16.1. The van der Waals surface area contributed by atoms with Crippen molar-refractivity contribution in [2.75, 3.05) is 6.54 Å². The van der Waals surface area contributed by atoms with E-state index in [2.05, 4.69) is 12.2 Å². The van der Waals surface area contributed by atoms with E-state index in [1.54, 1.807) is 0 Å². The van der Waals surface area contributed by atoms with Crippen LogP contribution in [0.3, 0.4) is 0 Å². The third-order valence-electron chi connectivity index (χ3n) is 3.17. The van der Waals surface area contributed by atoms with Crippen LogP contribution < -0.4 is 11.1 Å². The van der Waals surface area contributed by atoms with Crippen LogP contribution in [0.15, 0.2) is 0 Å². The van der Waals surface area contributed by atoms with Gasteiger partial charge >= 0.3 is 0 Å². The van der Waals surface area contributed by atoms with Crippen LogP contribution in [-0.4, -0.2) is 18.5 Å². The zero-order valence-corrected chi connectivity index (χ0v) is 9.80. The number of rotatable bonds is 5. The number of carbonyl (C=O) groups excluding carboxylic acids is 1. The van der Waals surface area contributed by atoms with Gasteiger partial charge in [0.15, 0.2) is 0 Å². The predicted octanol–water partition coefficient (Wildman–Crippen LogP) is 1.81. The molecule has 1 aliphatic carbocycles. The standard InChI is InChI=1S/C12H24N2O/c1-2-6-11(13)9-14-12(15)10-7-4-3-5-8-10/h10-11H,2-9,13H2,1H3,(H,14,15). The Balaban J connectivity index is 2.16. The van der Waals surface area contributed by atoms with Crippen LogP contribution in [0.4, 0.5) is 0 Å². The van der Waals surface area contributed by atoms with Crippen molar-refractivity contribution >= 4 is 5.91 Å². The van der Waals surface area contributed by atoms with Crippen LogP contribution in [0.1, 0.15) is 51.9 Å². The maximum Gasteiger partial charge on any atom is 0.223 e. The monoisotopic (exact) mass is 212 g/mol. The van der Waals surface area contributed by atoms with Crippen LogP contribution in [0.5, 0.6) is 0 Å². The molecule has 3 nitrogen and oxygen atoms in total. The first-order valence-electron chi connectivity index (χ1n) is 6.27. The van der Waals surface area contributed by atoms with Crippen LogP contribution in [-0.2, 0) is 4.79 Å². The Bertz CT molecular complexity index is 188. The van der Waals surface area contributed by atoms with Crippen molar-refractivity contribution in [2.24, 2.45) is 11.7 Å². The summed E-state index contributed by atoms with van der Waals surface area (Å²) in [5.74, 6) is 0.480. The highest BCUT2D eigenvalue weighted by molar-refractivity contribution is 5.78. The molecule has 1 saturated carbocycles. The van der Waals surface area contributed by atoms with Gasteiger partial charge in [-0.3, -0.25) is 4.79 Å². The van der Waals surface area contributed by atoms with Crippen molar-refractivity contribution in [2.45, 2.75) is 57.9 Å². The number of nitrogens with one attached hydrogen (secondary N) is 1. The molecular formula is C12H24N2O. The molecule has 88 valence electrons. The fraction of sp³-hybridized carbons (Fsp3) is 0.917. The number of nitrogens with two attached hydrogens (primary N) is 1. The van der Waals surface area contributed by atoms with Gasteiger partial charge < -0.3 is 11.1 Å². The summed E-state index contributed by atoms with van der Waals surface area (Å²) in [5.41, 5.74) is 5.85. The Labute approximate surface area is 92.8 Å². The summed E-state index contributed by atoms with van der Waals surface area (Å²) in [6.45, 7) is 2.76. The summed E-state index contributed by atoms with van der Waals surface area (Å²) in [6, 6.07) is 0.127. The summed E-state index contributed by atoms with van der Waals surface area (Å²) >= 11 is 0. The predicted molar refractivity (Wildman–Crippen MR) is 62.5 cm³/mol. The van der Waals surface area contributed by atoms with Gasteiger partial charge in [-0.2, -0.15) is 0 Å². The van der Waals surface area contributed by atoms with Crippen LogP contribution in [0, 0.1) is 5.92 Å². The van der Waals surface area contributed by atoms with Crippen LogP contribution in [0.2, 0.25) is 0 Å². The molecule has 0 aliphatic heterocycles. The molecule has 1 aliphatic rings. The van der Waals surface area contributed by atoms with Crippen LogP contribution in [0.25, 0.3) is 0 Å². The van der Waals surface area contributed by atoms with Gasteiger partial charge in [-0.15, -0.1) is 0 Å². The molecule has 1 atom stereocenters. The molecule has 0 saturated heterocycles. The first kappa shape index (κ1) is 12.5. The largest absolute Gasteiger partial charge is 0.354 e. The average Bonchev–Trinajstić information content (AvgIpc) is 2.27. The Hall–Kier alpha value is -0.570. The molecule has 3 heteroatoms. The molecule has 0 aromatic rings. The smallest absolute Gasteiger partial charge is 0.223 e. The second kappa shape index (κ2) is 6.83. The van der Waals surface area contributed by atoms with E-state index < -0.39 is 0 Å². The van der Waals surface area contributed by atoms with Crippen molar-refractivity contribution in [3.05, 3.63) is 0 Å². The lowest BCUT2D eigenvalue weighted by atomic mass is 9.88. The average molecular weight is 212 g/mol. The summed E-state index contributed by atoms with van der Waals surface area (Å²) in [6.07, 6.45) is 7.91. The van der Waals surface area contributed by atoms with E-state index >= 15 is 0 Å². The molecule has 0 aromatic heterocycles. The fourth-order valence-corrected chi connectivity index (χ4v) is 2.21. The van der Waals surface area contributed by atoms with Crippen molar-refractivity contribution in [3.8, 4) is 0 Å². The number of hydrogen-bond donors (Lipinski definition) is 2. The fourth-order valence-electron chi connectivity index (χ4n) is 2.21. The van der Waals surface area contributed by atoms with Gasteiger partial charge in [0.1, 0.15) is 0 Å². The zero-order chi connectivity index (χ0) is 11.1. The normalized spacial score (nSPS) is 19.9. The first-order chi connectivity index (χ1) is 7.24. The Morgan fingerprint density at radius 1 is 1.40 bits per heavy atom. The third kappa shape index (κ3) is 4.65. The minimum atomic E-state index is 0.127. The molecule has 1 rings (SSSR count). The molecule has 0 bridgehead atoms. The van der Waals surface area contributed by atoms with Gasteiger partial charge in [0.05, 0.1) is 0 Å². The van der Waals surface area contributed by atoms with Crippen LogP contribution >= 0.6 is 0 Å². The molecular weight excluding hydrogens is 188 g/mol. The summed E-state index contributed by atoms with van der Waals surface area (Å²) < 4.78 is 0. The topological polar surface area (TPSA) is 55.1 Å². The van der Waals surface area contributed by atoms with E-state index in [1.807, 2.05) is 0 Å². The minimum absolute atomic E-state index is 0.127. The molecule has 1 fully saturated rings. The van der Waals surface area contributed by atoms with Gasteiger partial charge in [0.25, 0.3) is 0 Å². The molecule has 0 spiro atoms. The van der Waals surface area contributed by atoms with Crippen molar-refractivity contribution in [3.63, 3.8) is 0 Å². The quantitative estimate of drug-likeness (QED) is 0.730. The van der Waals surface area contributed by atoms with Gasteiger partial charge in [0.2, 0.25) is 5.91 Å².